The molecule has 0 saturated carbocycles. The van der Waals surface area contributed by atoms with Gasteiger partial charge >= 0.3 is 17.8 Å². The van der Waals surface area contributed by atoms with Crippen molar-refractivity contribution < 1.29 is 23.2 Å². The van der Waals surface area contributed by atoms with E-state index in [9.17, 15) is 14.4 Å². The Balaban J connectivity index is 1.51. The van der Waals surface area contributed by atoms with Crippen molar-refractivity contribution in [3.63, 3.8) is 0 Å². The second-order valence-corrected chi connectivity index (χ2v) is 6.44. The van der Waals surface area contributed by atoms with Crippen LogP contribution in [0.4, 0.5) is 4.79 Å². The predicted molar refractivity (Wildman–Crippen MR) is 92.6 cm³/mol. The molecule has 4 amide bonds. The third-order valence-electron chi connectivity index (χ3n) is 3.86. The highest BCUT2D eigenvalue weighted by atomic mass is 79.9. The number of aromatic nitrogens is 2. The van der Waals surface area contributed by atoms with E-state index in [0.717, 1.165) is 15.4 Å². The molecule has 3 heterocycles. The van der Waals surface area contributed by atoms with E-state index in [1.165, 1.54) is 0 Å². The lowest BCUT2D eigenvalue weighted by Gasteiger charge is -2.14. The van der Waals surface area contributed by atoms with Gasteiger partial charge in [-0.15, -0.1) is 10.2 Å². The van der Waals surface area contributed by atoms with Crippen LogP contribution >= 0.6 is 15.9 Å². The number of nitrogens with zero attached hydrogens (tertiary/aromatic N) is 4. The highest BCUT2D eigenvalue weighted by Crippen LogP contribution is 2.25. The highest BCUT2D eigenvalue weighted by Gasteiger charge is 2.45. The normalized spacial score (nSPS) is 14.5. The molecule has 1 fully saturated rings. The van der Waals surface area contributed by atoms with Gasteiger partial charge in [0.2, 0.25) is 5.89 Å². The molecular formula is C17H11BrN4O5. The van der Waals surface area contributed by atoms with Crippen LogP contribution in [0.5, 0.6) is 0 Å². The first kappa shape index (κ1) is 17.2. The highest BCUT2D eigenvalue weighted by molar-refractivity contribution is 9.10. The molecule has 136 valence electrons. The van der Waals surface area contributed by atoms with E-state index < -0.39 is 17.8 Å². The summed E-state index contributed by atoms with van der Waals surface area (Å²) in [5.41, 5.74) is 0.734. The lowest BCUT2D eigenvalue weighted by atomic mass is 10.2. The van der Waals surface area contributed by atoms with Crippen LogP contribution < -0.4 is 0 Å². The molecule has 0 bridgehead atoms. The summed E-state index contributed by atoms with van der Waals surface area (Å²) in [5, 5.41) is 7.62. The molecule has 10 heteroatoms. The van der Waals surface area contributed by atoms with Crippen LogP contribution in [0.1, 0.15) is 11.5 Å². The topological polar surface area (TPSA) is 110 Å². The van der Waals surface area contributed by atoms with Gasteiger partial charge in [-0.05, 0) is 33.6 Å². The Morgan fingerprint density at radius 1 is 0.852 bits per heavy atom. The summed E-state index contributed by atoms with van der Waals surface area (Å²) >= 11 is 3.17. The zero-order valence-electron chi connectivity index (χ0n) is 13.7. The van der Waals surface area contributed by atoms with Crippen molar-refractivity contribution >= 4 is 33.8 Å². The maximum Gasteiger partial charge on any atom is 0.335 e. The third-order valence-corrected chi connectivity index (χ3v) is 4.29. The molecule has 0 unspecified atom stereocenters. The summed E-state index contributed by atoms with van der Waals surface area (Å²) in [6, 6.07) is 11.5. The van der Waals surface area contributed by atoms with Crippen LogP contribution in [-0.4, -0.2) is 37.8 Å². The van der Waals surface area contributed by atoms with Gasteiger partial charge in [0.15, 0.2) is 10.4 Å². The van der Waals surface area contributed by atoms with Crippen LogP contribution in [0.25, 0.3) is 11.7 Å². The van der Waals surface area contributed by atoms with Crippen molar-refractivity contribution in [2.75, 3.05) is 0 Å². The molecule has 0 radical (unpaired) electrons. The average molecular weight is 431 g/mol. The van der Waals surface area contributed by atoms with Crippen LogP contribution in [-0.2, 0) is 22.7 Å². The maximum atomic E-state index is 12.5. The molecular weight excluding hydrogens is 420 g/mol. The molecule has 3 aromatic rings. The number of rotatable bonds is 5. The summed E-state index contributed by atoms with van der Waals surface area (Å²) in [5.74, 6) is -1.38. The number of hydrogen-bond acceptors (Lipinski definition) is 7. The molecule has 1 aromatic carbocycles. The number of carbonyl (C=O) groups excluding carboxylic acids is 3. The van der Waals surface area contributed by atoms with Crippen molar-refractivity contribution in [1.29, 1.82) is 0 Å². The molecule has 0 atom stereocenters. The molecule has 1 aliphatic rings. The molecule has 0 N–H and O–H groups in total. The van der Waals surface area contributed by atoms with Gasteiger partial charge in [-0.25, -0.2) is 9.69 Å². The first-order chi connectivity index (χ1) is 13.0. The minimum absolute atomic E-state index is 0.00795. The monoisotopic (exact) mass is 430 g/mol. The predicted octanol–water partition coefficient (Wildman–Crippen LogP) is 2.58. The number of benzene rings is 1. The molecule has 9 nitrogen and oxygen atoms in total. The van der Waals surface area contributed by atoms with E-state index in [1.807, 2.05) is 6.07 Å². The van der Waals surface area contributed by atoms with Gasteiger partial charge in [-0.1, -0.05) is 30.3 Å². The standard InChI is InChI=1S/C17H11BrN4O5/c18-12-7-6-11(26-12)14-20-19-13(27-14)9-22-16(24)15(23)21(17(22)25)8-10-4-2-1-3-5-10/h1-7H,8-9H2. The van der Waals surface area contributed by atoms with E-state index in [2.05, 4.69) is 26.1 Å². The number of urea groups is 1. The molecule has 2 aromatic heterocycles. The van der Waals surface area contributed by atoms with Gasteiger partial charge < -0.3 is 8.83 Å². The lowest BCUT2D eigenvalue weighted by Crippen LogP contribution is -2.32. The average Bonchev–Trinajstić information content (AvgIpc) is 3.36. The number of carbonyl (C=O) groups is 3. The molecule has 27 heavy (non-hydrogen) atoms. The number of amides is 4. The van der Waals surface area contributed by atoms with E-state index >= 15 is 0 Å². The fraction of sp³-hybridized carbons (Fsp3) is 0.118. The summed E-state index contributed by atoms with van der Waals surface area (Å²) < 4.78 is 11.2. The van der Waals surface area contributed by atoms with Crippen molar-refractivity contribution in [2.24, 2.45) is 0 Å². The Morgan fingerprint density at radius 2 is 1.56 bits per heavy atom. The third kappa shape index (κ3) is 3.26. The summed E-state index contributed by atoms with van der Waals surface area (Å²) in [6.07, 6.45) is 0. The van der Waals surface area contributed by atoms with Crippen LogP contribution in [0.15, 0.2) is 56.0 Å². The zero-order chi connectivity index (χ0) is 19.0. The van der Waals surface area contributed by atoms with Gasteiger partial charge in [-0.3, -0.25) is 14.5 Å². The molecule has 1 aliphatic heterocycles. The quantitative estimate of drug-likeness (QED) is 0.451. The Kier molecular flexibility index (Phi) is 4.32. The number of imide groups is 2. The molecule has 0 spiro atoms. The molecule has 1 saturated heterocycles. The van der Waals surface area contributed by atoms with Crippen molar-refractivity contribution in [3.8, 4) is 11.7 Å². The van der Waals surface area contributed by atoms with Crippen LogP contribution in [0.3, 0.4) is 0 Å². The minimum atomic E-state index is -0.934. The summed E-state index contributed by atoms with van der Waals surface area (Å²) in [4.78, 5) is 38.6. The van der Waals surface area contributed by atoms with Crippen molar-refractivity contribution in [1.82, 2.24) is 20.0 Å². The fourth-order valence-corrected chi connectivity index (χ4v) is 2.88. The van der Waals surface area contributed by atoms with Crippen LogP contribution in [0, 0.1) is 0 Å². The van der Waals surface area contributed by atoms with E-state index in [4.69, 9.17) is 8.83 Å². The van der Waals surface area contributed by atoms with E-state index in [1.54, 1.807) is 36.4 Å². The maximum absolute atomic E-state index is 12.5. The fourth-order valence-electron chi connectivity index (χ4n) is 2.58. The SMILES string of the molecule is O=C1C(=O)N(Cc2nnc(-c3ccc(Br)o3)o2)C(=O)N1Cc1ccccc1. The van der Waals surface area contributed by atoms with Gasteiger partial charge in [0.25, 0.3) is 5.89 Å². The Labute approximate surface area is 160 Å². The number of hydrogen-bond donors (Lipinski definition) is 0. The smallest absolute Gasteiger partial charge is 0.335 e. The number of halogens is 1. The summed E-state index contributed by atoms with van der Waals surface area (Å²) in [6.45, 7) is -0.292. The van der Waals surface area contributed by atoms with Gasteiger partial charge in [-0.2, -0.15) is 0 Å². The van der Waals surface area contributed by atoms with Crippen LogP contribution in [0.2, 0.25) is 0 Å². The molecule has 4 rings (SSSR count). The van der Waals surface area contributed by atoms with E-state index in [-0.39, 0.29) is 24.9 Å². The first-order valence-corrected chi connectivity index (χ1v) is 8.61. The van der Waals surface area contributed by atoms with Gasteiger partial charge in [0.05, 0.1) is 6.54 Å². The number of furan rings is 1. The van der Waals surface area contributed by atoms with Crippen molar-refractivity contribution in [2.45, 2.75) is 13.1 Å². The molecule has 0 aliphatic carbocycles. The zero-order valence-corrected chi connectivity index (χ0v) is 15.2. The Bertz CT molecular complexity index is 1030. The van der Waals surface area contributed by atoms with Crippen molar-refractivity contribution in [3.05, 3.63) is 58.6 Å². The largest absolute Gasteiger partial charge is 0.444 e. The first-order valence-electron chi connectivity index (χ1n) is 7.82. The second kappa shape index (κ2) is 6.80. The minimum Gasteiger partial charge on any atom is -0.444 e. The Morgan fingerprint density at radius 3 is 2.22 bits per heavy atom. The Hall–Kier alpha value is -3.27. The lowest BCUT2D eigenvalue weighted by molar-refractivity contribution is -0.143. The van der Waals surface area contributed by atoms with Gasteiger partial charge in [0.1, 0.15) is 6.54 Å². The van der Waals surface area contributed by atoms with Gasteiger partial charge in [0, 0.05) is 0 Å². The second-order valence-electron chi connectivity index (χ2n) is 5.66. The summed E-state index contributed by atoms with van der Waals surface area (Å²) in [7, 11) is 0. The van der Waals surface area contributed by atoms with E-state index in [0.29, 0.717) is 10.4 Å².